The molecule has 0 saturated carbocycles. The van der Waals surface area contributed by atoms with Gasteiger partial charge >= 0.3 is 0 Å². The quantitative estimate of drug-likeness (QED) is 0.566. The van der Waals surface area contributed by atoms with Crippen LogP contribution in [-0.2, 0) is 24.2 Å². The average Bonchev–Trinajstić information content (AvgIpc) is 2.86. The molecule has 1 amide bonds. The van der Waals surface area contributed by atoms with Gasteiger partial charge in [-0.1, -0.05) is 30.3 Å². The smallest absolute Gasteiger partial charge is 0.242 e. The molecule has 1 aliphatic rings. The molecule has 0 unspecified atom stereocenters. The SMILES string of the molecule is COc1cc2c(cc1OC)CN(C(=O)CN(CCc1ccccc1)c1ccc(O)cc1)CC2. The summed E-state index contributed by atoms with van der Waals surface area (Å²) in [4.78, 5) is 17.3. The van der Waals surface area contributed by atoms with Crippen LogP contribution in [0.25, 0.3) is 0 Å². The predicted octanol–water partition coefficient (Wildman–Crippen LogP) is 4.04. The summed E-state index contributed by atoms with van der Waals surface area (Å²) in [5.41, 5.74) is 4.42. The van der Waals surface area contributed by atoms with Gasteiger partial charge in [0.2, 0.25) is 5.91 Å². The van der Waals surface area contributed by atoms with Crippen LogP contribution in [0.3, 0.4) is 0 Å². The summed E-state index contributed by atoms with van der Waals surface area (Å²) >= 11 is 0. The first kappa shape index (κ1) is 22.5. The van der Waals surface area contributed by atoms with Gasteiger partial charge in [0, 0.05) is 25.3 Å². The number of benzene rings is 3. The molecule has 3 aromatic carbocycles. The van der Waals surface area contributed by atoms with Crippen LogP contribution in [0.4, 0.5) is 5.69 Å². The highest BCUT2D eigenvalue weighted by atomic mass is 16.5. The van der Waals surface area contributed by atoms with Gasteiger partial charge in [-0.15, -0.1) is 0 Å². The van der Waals surface area contributed by atoms with Crippen LogP contribution in [0.5, 0.6) is 17.2 Å². The molecule has 1 aliphatic heterocycles. The summed E-state index contributed by atoms with van der Waals surface area (Å²) in [6.45, 7) is 2.20. The van der Waals surface area contributed by atoms with E-state index >= 15 is 0 Å². The fourth-order valence-electron chi connectivity index (χ4n) is 4.23. The molecule has 6 nitrogen and oxygen atoms in total. The molecular formula is C27H30N2O4. The number of hydrogen-bond acceptors (Lipinski definition) is 5. The normalized spacial score (nSPS) is 12.7. The molecule has 0 spiro atoms. The van der Waals surface area contributed by atoms with Gasteiger partial charge < -0.3 is 24.4 Å². The van der Waals surface area contributed by atoms with E-state index in [1.54, 1.807) is 26.4 Å². The molecule has 3 aromatic rings. The number of methoxy groups -OCH3 is 2. The number of anilines is 1. The van der Waals surface area contributed by atoms with Gasteiger partial charge in [-0.25, -0.2) is 0 Å². The summed E-state index contributed by atoms with van der Waals surface area (Å²) in [5, 5.41) is 9.69. The van der Waals surface area contributed by atoms with Gasteiger partial charge in [0.15, 0.2) is 11.5 Å². The first-order valence-corrected chi connectivity index (χ1v) is 11.2. The zero-order valence-corrected chi connectivity index (χ0v) is 19.2. The molecule has 4 rings (SSSR count). The van der Waals surface area contributed by atoms with Crippen molar-refractivity contribution < 1.29 is 19.4 Å². The average molecular weight is 447 g/mol. The lowest BCUT2D eigenvalue weighted by Gasteiger charge is -2.32. The van der Waals surface area contributed by atoms with Crippen molar-refractivity contribution in [2.45, 2.75) is 19.4 Å². The Morgan fingerprint density at radius 2 is 1.64 bits per heavy atom. The molecule has 0 aromatic heterocycles. The first-order valence-electron chi connectivity index (χ1n) is 11.2. The molecule has 0 bridgehead atoms. The van der Waals surface area contributed by atoms with Gasteiger partial charge in [-0.2, -0.15) is 0 Å². The maximum Gasteiger partial charge on any atom is 0.242 e. The van der Waals surface area contributed by atoms with E-state index in [9.17, 15) is 9.90 Å². The third-order valence-electron chi connectivity index (χ3n) is 6.12. The first-order chi connectivity index (χ1) is 16.1. The topological polar surface area (TPSA) is 62.2 Å². The lowest BCUT2D eigenvalue weighted by atomic mass is 9.98. The Morgan fingerprint density at radius 1 is 0.970 bits per heavy atom. The molecule has 1 N–H and O–H groups in total. The maximum absolute atomic E-state index is 13.3. The van der Waals surface area contributed by atoms with E-state index in [1.165, 1.54) is 11.1 Å². The third kappa shape index (κ3) is 5.40. The van der Waals surface area contributed by atoms with Crippen LogP contribution < -0.4 is 14.4 Å². The summed E-state index contributed by atoms with van der Waals surface area (Å²) in [7, 11) is 3.26. The zero-order valence-electron chi connectivity index (χ0n) is 19.2. The van der Waals surface area contributed by atoms with Crippen LogP contribution in [0.15, 0.2) is 66.7 Å². The fourth-order valence-corrected chi connectivity index (χ4v) is 4.23. The number of fused-ring (bicyclic) bond motifs is 1. The van der Waals surface area contributed by atoms with E-state index < -0.39 is 0 Å². The Bertz CT molecular complexity index is 1080. The number of aromatic hydroxyl groups is 1. The van der Waals surface area contributed by atoms with Gasteiger partial charge in [0.05, 0.1) is 20.8 Å². The van der Waals surface area contributed by atoms with Crippen molar-refractivity contribution in [1.29, 1.82) is 0 Å². The molecular weight excluding hydrogens is 416 g/mol. The lowest BCUT2D eigenvalue weighted by molar-refractivity contribution is -0.130. The molecule has 0 aliphatic carbocycles. The van der Waals surface area contributed by atoms with E-state index in [0.29, 0.717) is 25.4 Å². The van der Waals surface area contributed by atoms with Gasteiger partial charge in [0.1, 0.15) is 5.75 Å². The molecule has 0 saturated heterocycles. The molecule has 0 fully saturated rings. The minimum atomic E-state index is 0.0802. The highest BCUT2D eigenvalue weighted by molar-refractivity contribution is 5.82. The number of ether oxygens (including phenoxy) is 2. The van der Waals surface area contributed by atoms with E-state index in [4.69, 9.17) is 9.47 Å². The minimum absolute atomic E-state index is 0.0802. The van der Waals surface area contributed by atoms with Crippen molar-refractivity contribution in [3.8, 4) is 17.2 Å². The highest BCUT2D eigenvalue weighted by Gasteiger charge is 2.24. The molecule has 1 heterocycles. The van der Waals surface area contributed by atoms with E-state index in [-0.39, 0.29) is 18.2 Å². The molecule has 0 atom stereocenters. The van der Waals surface area contributed by atoms with Crippen molar-refractivity contribution in [3.05, 3.63) is 83.4 Å². The standard InChI is InChI=1S/C27H30N2O4/c1-32-25-16-21-13-15-29(18-22(21)17-26(25)33-2)27(31)19-28(23-8-10-24(30)11-9-23)14-12-20-6-4-3-5-7-20/h3-11,16-17,30H,12-15,18-19H2,1-2H3. The second kappa shape index (κ2) is 10.3. The van der Waals surface area contributed by atoms with E-state index in [2.05, 4.69) is 17.0 Å². The van der Waals surface area contributed by atoms with E-state index in [1.807, 2.05) is 47.4 Å². The molecule has 6 heteroatoms. The fraction of sp³-hybridized carbons (Fsp3) is 0.296. The van der Waals surface area contributed by atoms with Crippen molar-refractivity contribution >= 4 is 11.6 Å². The summed E-state index contributed by atoms with van der Waals surface area (Å²) in [5.74, 6) is 1.69. The van der Waals surface area contributed by atoms with Gasteiger partial charge in [-0.05, 0) is 65.9 Å². The van der Waals surface area contributed by atoms with Crippen LogP contribution >= 0.6 is 0 Å². The Hall–Kier alpha value is -3.67. The van der Waals surface area contributed by atoms with Gasteiger partial charge in [-0.3, -0.25) is 4.79 Å². The monoisotopic (exact) mass is 446 g/mol. The predicted molar refractivity (Wildman–Crippen MR) is 129 cm³/mol. The van der Waals surface area contributed by atoms with Crippen molar-refractivity contribution in [2.75, 3.05) is 38.8 Å². The second-order valence-electron chi connectivity index (χ2n) is 8.21. The Kier molecular flexibility index (Phi) is 7.03. The summed E-state index contributed by atoms with van der Waals surface area (Å²) in [6, 6.07) is 21.3. The number of rotatable bonds is 8. The Labute approximate surface area is 195 Å². The summed E-state index contributed by atoms with van der Waals surface area (Å²) < 4.78 is 10.9. The number of carbonyl (C=O) groups is 1. The number of carbonyl (C=O) groups excluding carboxylic acids is 1. The third-order valence-corrected chi connectivity index (χ3v) is 6.12. The Balaban J connectivity index is 1.49. The molecule has 33 heavy (non-hydrogen) atoms. The number of phenols is 1. The maximum atomic E-state index is 13.3. The van der Waals surface area contributed by atoms with Crippen LogP contribution in [0, 0.1) is 0 Å². The van der Waals surface area contributed by atoms with Crippen molar-refractivity contribution in [1.82, 2.24) is 4.90 Å². The molecule has 0 radical (unpaired) electrons. The van der Waals surface area contributed by atoms with E-state index in [0.717, 1.165) is 29.8 Å². The highest BCUT2D eigenvalue weighted by Crippen LogP contribution is 2.33. The molecule has 172 valence electrons. The zero-order chi connectivity index (χ0) is 23.2. The lowest BCUT2D eigenvalue weighted by Crippen LogP contribution is -2.43. The number of phenolic OH excluding ortho intramolecular Hbond substituents is 1. The number of amides is 1. The Morgan fingerprint density at radius 3 is 2.30 bits per heavy atom. The summed E-state index contributed by atoms with van der Waals surface area (Å²) in [6.07, 6.45) is 1.61. The van der Waals surface area contributed by atoms with Crippen LogP contribution in [0.2, 0.25) is 0 Å². The van der Waals surface area contributed by atoms with Crippen LogP contribution in [-0.4, -0.2) is 49.8 Å². The second-order valence-corrected chi connectivity index (χ2v) is 8.21. The minimum Gasteiger partial charge on any atom is -0.508 e. The van der Waals surface area contributed by atoms with Crippen LogP contribution in [0.1, 0.15) is 16.7 Å². The van der Waals surface area contributed by atoms with Gasteiger partial charge in [0.25, 0.3) is 0 Å². The van der Waals surface area contributed by atoms with Crippen molar-refractivity contribution in [3.63, 3.8) is 0 Å². The number of nitrogens with zero attached hydrogens (tertiary/aromatic N) is 2. The number of hydrogen-bond donors (Lipinski definition) is 1. The van der Waals surface area contributed by atoms with Crippen molar-refractivity contribution in [2.24, 2.45) is 0 Å². The largest absolute Gasteiger partial charge is 0.508 e.